The van der Waals surface area contributed by atoms with Gasteiger partial charge in [-0.05, 0) is 42.5 Å². The first-order valence-corrected chi connectivity index (χ1v) is 8.27. The molecule has 0 radical (unpaired) electrons. The Bertz CT molecular complexity index is 864. The van der Waals surface area contributed by atoms with Crippen molar-refractivity contribution in [2.45, 2.75) is 0 Å². The van der Waals surface area contributed by atoms with E-state index in [1.807, 2.05) is 65.7 Å². The summed E-state index contributed by atoms with van der Waals surface area (Å²) in [4.78, 5) is 10.7. The maximum absolute atomic E-state index is 11.2. The zero-order valence-corrected chi connectivity index (χ0v) is 14.5. The van der Waals surface area contributed by atoms with Crippen LogP contribution in [0.2, 0.25) is 0 Å². The molecule has 0 amide bonds. The van der Waals surface area contributed by atoms with E-state index in [0.717, 1.165) is 11.4 Å². The van der Waals surface area contributed by atoms with Crippen LogP contribution in [0.15, 0.2) is 84.9 Å². The lowest BCUT2D eigenvalue weighted by molar-refractivity contribution is -0.383. The van der Waals surface area contributed by atoms with Crippen LogP contribution in [0.1, 0.15) is 0 Å². The molecule has 3 aromatic carbocycles. The molecule has 0 heterocycles. The third-order valence-electron chi connectivity index (χ3n) is 3.59. The Hall–Kier alpha value is -3.45. The zero-order chi connectivity index (χ0) is 18.4. The Morgan fingerprint density at radius 1 is 0.846 bits per heavy atom. The minimum atomic E-state index is -0.447. The summed E-state index contributed by atoms with van der Waals surface area (Å²) in [5.74, 6) is 0. The predicted molar refractivity (Wildman–Crippen MR) is 107 cm³/mol. The Balaban J connectivity index is 1.84. The van der Waals surface area contributed by atoms with Crippen molar-refractivity contribution < 1.29 is 4.92 Å². The lowest BCUT2D eigenvalue weighted by Crippen LogP contribution is -2.41. The molecule has 0 aliphatic heterocycles. The SMILES string of the molecule is O=[N+]([O-])c1ccccc1NC(=S)NN(c1ccccc1)c1ccccc1. The molecule has 3 rings (SSSR count). The number of hydrazine groups is 1. The Morgan fingerprint density at radius 2 is 1.35 bits per heavy atom. The van der Waals surface area contributed by atoms with Crippen LogP contribution in [0.3, 0.4) is 0 Å². The highest BCUT2D eigenvalue weighted by Gasteiger charge is 2.15. The highest BCUT2D eigenvalue weighted by molar-refractivity contribution is 7.80. The average molecular weight is 364 g/mol. The molecule has 130 valence electrons. The first-order valence-electron chi connectivity index (χ1n) is 7.86. The topological polar surface area (TPSA) is 70.4 Å². The van der Waals surface area contributed by atoms with Gasteiger partial charge < -0.3 is 5.32 Å². The molecule has 0 aliphatic rings. The van der Waals surface area contributed by atoms with Crippen molar-refractivity contribution in [1.29, 1.82) is 0 Å². The molecule has 6 nitrogen and oxygen atoms in total. The van der Waals surface area contributed by atoms with E-state index >= 15 is 0 Å². The highest BCUT2D eigenvalue weighted by Crippen LogP contribution is 2.25. The molecule has 0 saturated heterocycles. The van der Waals surface area contributed by atoms with Gasteiger partial charge in [0.2, 0.25) is 0 Å². The summed E-state index contributed by atoms with van der Waals surface area (Å²) >= 11 is 5.37. The van der Waals surface area contributed by atoms with E-state index in [2.05, 4.69) is 10.7 Å². The van der Waals surface area contributed by atoms with E-state index in [0.29, 0.717) is 5.69 Å². The minimum absolute atomic E-state index is 0.0392. The van der Waals surface area contributed by atoms with Gasteiger partial charge in [-0.25, -0.2) is 0 Å². The van der Waals surface area contributed by atoms with Crippen molar-refractivity contribution in [3.8, 4) is 0 Å². The number of benzene rings is 3. The largest absolute Gasteiger partial charge is 0.326 e. The van der Waals surface area contributed by atoms with Crippen molar-refractivity contribution in [3.05, 3.63) is 95.0 Å². The van der Waals surface area contributed by atoms with Crippen LogP contribution >= 0.6 is 12.2 Å². The van der Waals surface area contributed by atoms with E-state index < -0.39 is 4.92 Å². The Labute approximate surface area is 156 Å². The molecule has 7 heteroatoms. The summed E-state index contributed by atoms with van der Waals surface area (Å²) in [6.45, 7) is 0. The van der Waals surface area contributed by atoms with E-state index in [1.165, 1.54) is 6.07 Å². The average Bonchev–Trinajstić information content (AvgIpc) is 2.68. The van der Waals surface area contributed by atoms with Crippen LogP contribution in [-0.4, -0.2) is 10.0 Å². The normalized spacial score (nSPS) is 10.0. The fraction of sp³-hybridized carbons (Fsp3) is 0. The molecule has 0 atom stereocenters. The second-order valence-corrected chi connectivity index (χ2v) is 5.75. The third-order valence-corrected chi connectivity index (χ3v) is 3.78. The van der Waals surface area contributed by atoms with Gasteiger partial charge >= 0.3 is 0 Å². The van der Waals surface area contributed by atoms with Crippen molar-refractivity contribution in [2.75, 3.05) is 10.3 Å². The van der Waals surface area contributed by atoms with Crippen molar-refractivity contribution in [3.63, 3.8) is 0 Å². The molecule has 0 saturated carbocycles. The molecular weight excluding hydrogens is 348 g/mol. The minimum Gasteiger partial charge on any atom is -0.326 e. The van der Waals surface area contributed by atoms with Gasteiger partial charge in [-0.3, -0.25) is 20.5 Å². The van der Waals surface area contributed by atoms with Crippen LogP contribution in [-0.2, 0) is 0 Å². The van der Waals surface area contributed by atoms with Gasteiger partial charge in [-0.1, -0.05) is 48.5 Å². The van der Waals surface area contributed by atoms with Gasteiger partial charge in [-0.15, -0.1) is 0 Å². The lowest BCUT2D eigenvalue weighted by Gasteiger charge is -2.27. The van der Waals surface area contributed by atoms with Gasteiger partial charge in [-0.2, -0.15) is 0 Å². The summed E-state index contributed by atoms with van der Waals surface area (Å²) in [7, 11) is 0. The number of para-hydroxylation sites is 4. The van der Waals surface area contributed by atoms with E-state index in [1.54, 1.807) is 18.2 Å². The summed E-state index contributed by atoms with van der Waals surface area (Å²) < 4.78 is 0. The summed E-state index contributed by atoms with van der Waals surface area (Å²) in [6, 6.07) is 25.7. The molecule has 0 unspecified atom stereocenters. The molecule has 2 N–H and O–H groups in total. The van der Waals surface area contributed by atoms with Crippen LogP contribution in [0.25, 0.3) is 0 Å². The Kier molecular flexibility index (Phi) is 5.40. The smallest absolute Gasteiger partial charge is 0.292 e. The first-order chi connectivity index (χ1) is 12.6. The van der Waals surface area contributed by atoms with E-state index in [-0.39, 0.29) is 10.8 Å². The van der Waals surface area contributed by atoms with Crippen LogP contribution in [0.4, 0.5) is 22.7 Å². The maximum Gasteiger partial charge on any atom is 0.292 e. The van der Waals surface area contributed by atoms with Crippen molar-refractivity contribution >= 4 is 40.1 Å². The first kappa shape index (κ1) is 17.4. The van der Waals surface area contributed by atoms with Gasteiger partial charge in [0.15, 0.2) is 5.11 Å². The molecule has 0 aromatic heterocycles. The molecular formula is C19H16N4O2S. The van der Waals surface area contributed by atoms with Gasteiger partial charge in [0.25, 0.3) is 5.69 Å². The van der Waals surface area contributed by atoms with Crippen LogP contribution in [0.5, 0.6) is 0 Å². The van der Waals surface area contributed by atoms with Crippen LogP contribution in [0, 0.1) is 10.1 Å². The number of rotatable bonds is 5. The molecule has 0 fully saturated rings. The van der Waals surface area contributed by atoms with Crippen molar-refractivity contribution in [1.82, 2.24) is 5.43 Å². The van der Waals surface area contributed by atoms with E-state index in [9.17, 15) is 10.1 Å². The number of anilines is 3. The summed E-state index contributed by atoms with van der Waals surface area (Å²) in [6.07, 6.45) is 0. The number of nitrogens with one attached hydrogen (secondary N) is 2. The second kappa shape index (κ2) is 8.09. The summed E-state index contributed by atoms with van der Waals surface area (Å²) in [5.41, 5.74) is 5.15. The fourth-order valence-electron chi connectivity index (χ4n) is 2.42. The highest BCUT2D eigenvalue weighted by atomic mass is 32.1. The summed E-state index contributed by atoms with van der Waals surface area (Å²) in [5, 5.41) is 16.1. The Morgan fingerprint density at radius 3 is 1.88 bits per heavy atom. The third kappa shape index (κ3) is 4.14. The monoisotopic (exact) mass is 364 g/mol. The predicted octanol–water partition coefficient (Wildman–Crippen LogP) is 4.63. The van der Waals surface area contributed by atoms with Crippen LogP contribution < -0.4 is 15.8 Å². The van der Waals surface area contributed by atoms with Gasteiger partial charge in [0, 0.05) is 6.07 Å². The lowest BCUT2D eigenvalue weighted by atomic mass is 10.2. The van der Waals surface area contributed by atoms with Crippen molar-refractivity contribution in [2.24, 2.45) is 0 Å². The zero-order valence-electron chi connectivity index (χ0n) is 13.7. The second-order valence-electron chi connectivity index (χ2n) is 5.35. The van der Waals surface area contributed by atoms with Gasteiger partial charge in [0.1, 0.15) is 5.69 Å². The fourth-order valence-corrected chi connectivity index (χ4v) is 2.62. The number of thiocarbonyl (C=S) groups is 1. The number of nitrogens with zero attached hydrogens (tertiary/aromatic N) is 2. The molecule has 26 heavy (non-hydrogen) atoms. The number of nitro groups is 1. The molecule has 0 spiro atoms. The number of hydrogen-bond donors (Lipinski definition) is 2. The number of nitro benzene ring substituents is 1. The van der Waals surface area contributed by atoms with E-state index in [4.69, 9.17) is 12.2 Å². The molecule has 3 aromatic rings. The quantitative estimate of drug-likeness (QED) is 0.391. The van der Waals surface area contributed by atoms with Gasteiger partial charge in [0.05, 0.1) is 16.3 Å². The number of hydrogen-bond acceptors (Lipinski definition) is 4. The standard InChI is InChI=1S/C19H16N4O2S/c24-23(25)18-14-8-7-13-17(18)20-19(26)21-22(15-9-3-1-4-10-15)16-11-5-2-6-12-16/h1-14H,(H2,20,21,26). The maximum atomic E-state index is 11.2. The molecule has 0 bridgehead atoms. The molecule has 0 aliphatic carbocycles.